The molecule has 1 unspecified atom stereocenters. The molecule has 0 fully saturated rings. The van der Waals surface area contributed by atoms with E-state index < -0.39 is 11.6 Å². The molecule has 8 heteroatoms. The first-order valence-corrected chi connectivity index (χ1v) is 10.4. The van der Waals surface area contributed by atoms with E-state index >= 15 is 0 Å². The Kier molecular flexibility index (Phi) is 6.75. The molecule has 0 saturated heterocycles. The number of rotatable bonds is 7. The Morgan fingerprint density at radius 2 is 1.88 bits per heavy atom. The fourth-order valence-corrected chi connectivity index (χ4v) is 3.86. The van der Waals surface area contributed by atoms with E-state index in [1.54, 1.807) is 6.92 Å². The van der Waals surface area contributed by atoms with Gasteiger partial charge >= 0.3 is 5.97 Å². The number of carbonyl (C=O) groups is 2. The number of fused-ring (bicyclic) bond motifs is 1. The van der Waals surface area contributed by atoms with E-state index in [-0.39, 0.29) is 18.8 Å². The Balaban J connectivity index is 1.78. The van der Waals surface area contributed by atoms with Crippen LogP contribution in [0.2, 0.25) is 0 Å². The van der Waals surface area contributed by atoms with Crippen molar-refractivity contribution in [2.75, 3.05) is 13.2 Å². The lowest BCUT2D eigenvalue weighted by molar-refractivity contribution is -0.132. The second-order valence-corrected chi connectivity index (χ2v) is 8.29. The molecule has 2 aromatic carbocycles. The lowest BCUT2D eigenvalue weighted by Crippen LogP contribution is -2.45. The summed E-state index contributed by atoms with van der Waals surface area (Å²) < 4.78 is 17.6. The SMILES string of the molecule is CC(=O)Oc1c(C)c(C)c2c(c1C)C(=O)CC(C)(COc1ccc(CCN=[N+]=[N-])cc1)O2. The Hall–Kier alpha value is -3.51. The van der Waals surface area contributed by atoms with Crippen molar-refractivity contribution >= 4 is 11.8 Å². The smallest absolute Gasteiger partial charge is 0.308 e. The quantitative estimate of drug-likeness (QED) is 0.194. The largest absolute Gasteiger partial charge is 0.489 e. The standard InChI is InChI=1S/C24H27N3O5/c1-14-15(2)23-21(16(3)22(14)31-17(4)28)20(29)12-24(5,32-23)13-30-19-8-6-18(7-9-19)10-11-26-27-25/h6-9H,10-13H2,1-5H3. The minimum absolute atomic E-state index is 0.0697. The number of ether oxygens (including phenoxy) is 3. The molecule has 0 saturated carbocycles. The maximum absolute atomic E-state index is 13.1. The molecule has 1 aliphatic heterocycles. The van der Waals surface area contributed by atoms with E-state index in [4.69, 9.17) is 19.7 Å². The van der Waals surface area contributed by atoms with Crippen LogP contribution in [0.1, 0.15) is 52.9 Å². The molecule has 0 N–H and O–H groups in total. The van der Waals surface area contributed by atoms with Crippen molar-refractivity contribution in [1.29, 1.82) is 0 Å². The van der Waals surface area contributed by atoms with E-state index in [9.17, 15) is 9.59 Å². The monoisotopic (exact) mass is 437 g/mol. The highest BCUT2D eigenvalue weighted by molar-refractivity contribution is 6.03. The van der Waals surface area contributed by atoms with Crippen LogP contribution in [-0.4, -0.2) is 30.5 Å². The third-order valence-corrected chi connectivity index (χ3v) is 5.63. The molecule has 0 radical (unpaired) electrons. The van der Waals surface area contributed by atoms with E-state index in [2.05, 4.69) is 10.0 Å². The van der Waals surface area contributed by atoms with Crippen LogP contribution in [0.5, 0.6) is 17.2 Å². The third kappa shape index (κ3) is 4.86. The molecule has 0 aliphatic carbocycles. The van der Waals surface area contributed by atoms with Crippen molar-refractivity contribution in [1.82, 2.24) is 0 Å². The number of hydrogen-bond donors (Lipinski definition) is 0. The topological polar surface area (TPSA) is 111 Å². The molecule has 2 aromatic rings. The maximum atomic E-state index is 13.1. The molecule has 168 valence electrons. The first-order valence-electron chi connectivity index (χ1n) is 10.4. The molecule has 8 nitrogen and oxygen atoms in total. The van der Waals surface area contributed by atoms with Gasteiger partial charge in [0.15, 0.2) is 5.78 Å². The Labute approximate surface area is 187 Å². The summed E-state index contributed by atoms with van der Waals surface area (Å²) >= 11 is 0. The van der Waals surface area contributed by atoms with Crippen LogP contribution in [0.15, 0.2) is 29.4 Å². The zero-order chi connectivity index (χ0) is 23.5. The lowest BCUT2D eigenvalue weighted by atomic mass is 9.86. The molecule has 1 aliphatic rings. The van der Waals surface area contributed by atoms with Gasteiger partial charge < -0.3 is 14.2 Å². The van der Waals surface area contributed by atoms with Gasteiger partial charge in [-0.1, -0.05) is 17.2 Å². The molecule has 3 rings (SSSR count). The van der Waals surface area contributed by atoms with Crippen LogP contribution in [0.4, 0.5) is 0 Å². The van der Waals surface area contributed by atoms with Crippen LogP contribution >= 0.6 is 0 Å². The summed E-state index contributed by atoms with van der Waals surface area (Å²) in [6.45, 7) is 9.27. The number of hydrogen-bond acceptors (Lipinski definition) is 6. The first-order chi connectivity index (χ1) is 15.1. The second-order valence-electron chi connectivity index (χ2n) is 8.29. The van der Waals surface area contributed by atoms with Crippen molar-refractivity contribution in [3.63, 3.8) is 0 Å². The summed E-state index contributed by atoms with van der Waals surface area (Å²) in [5, 5.41) is 3.54. The summed E-state index contributed by atoms with van der Waals surface area (Å²) in [7, 11) is 0. The van der Waals surface area contributed by atoms with Gasteiger partial charge in [-0.25, -0.2) is 0 Å². The molecule has 0 amide bonds. The molecular formula is C24H27N3O5. The number of nitrogens with zero attached hydrogens (tertiary/aromatic N) is 3. The fourth-order valence-electron chi connectivity index (χ4n) is 3.86. The van der Waals surface area contributed by atoms with Crippen LogP contribution in [0, 0.1) is 20.8 Å². The van der Waals surface area contributed by atoms with Gasteiger partial charge in [0.25, 0.3) is 0 Å². The van der Waals surface area contributed by atoms with Gasteiger partial charge in [-0.3, -0.25) is 9.59 Å². The van der Waals surface area contributed by atoms with Gasteiger partial charge in [0.1, 0.15) is 29.5 Å². The number of carbonyl (C=O) groups excluding carboxylic acids is 2. The summed E-state index contributed by atoms with van der Waals surface area (Å²) in [5.41, 5.74) is 11.2. The number of Topliss-reactive ketones (excluding diaryl/α,β-unsaturated/α-hetero) is 1. The first kappa shape index (κ1) is 23.2. The van der Waals surface area contributed by atoms with E-state index in [0.29, 0.717) is 41.3 Å². The van der Waals surface area contributed by atoms with Crippen LogP contribution in [-0.2, 0) is 11.2 Å². The predicted octanol–water partition coefficient (Wildman–Crippen LogP) is 5.19. The Bertz CT molecular complexity index is 1100. The van der Waals surface area contributed by atoms with E-state index in [1.165, 1.54) is 6.92 Å². The van der Waals surface area contributed by atoms with Gasteiger partial charge in [-0.05, 0) is 68.5 Å². The summed E-state index contributed by atoms with van der Waals surface area (Å²) in [6.07, 6.45) is 0.802. The molecule has 1 atom stereocenters. The van der Waals surface area contributed by atoms with Gasteiger partial charge in [0, 0.05) is 23.9 Å². The van der Waals surface area contributed by atoms with Crippen LogP contribution in [0.25, 0.3) is 10.4 Å². The highest BCUT2D eigenvalue weighted by atomic mass is 16.5. The maximum Gasteiger partial charge on any atom is 0.308 e. The Morgan fingerprint density at radius 3 is 2.50 bits per heavy atom. The molecule has 32 heavy (non-hydrogen) atoms. The average Bonchev–Trinajstić information content (AvgIpc) is 2.74. The highest BCUT2D eigenvalue weighted by Gasteiger charge is 2.40. The van der Waals surface area contributed by atoms with Crippen molar-refractivity contribution in [3.8, 4) is 17.2 Å². The third-order valence-electron chi connectivity index (χ3n) is 5.63. The molecule has 0 bridgehead atoms. The molecule has 1 heterocycles. The van der Waals surface area contributed by atoms with Crippen molar-refractivity contribution < 1.29 is 23.8 Å². The molecular weight excluding hydrogens is 410 g/mol. The van der Waals surface area contributed by atoms with Crippen LogP contribution in [0.3, 0.4) is 0 Å². The minimum atomic E-state index is -0.836. The predicted molar refractivity (Wildman–Crippen MR) is 120 cm³/mol. The van der Waals surface area contributed by atoms with E-state index in [1.807, 2.05) is 45.0 Å². The van der Waals surface area contributed by atoms with Crippen molar-refractivity contribution in [3.05, 3.63) is 62.5 Å². The second kappa shape index (κ2) is 9.32. The van der Waals surface area contributed by atoms with Gasteiger partial charge in [-0.2, -0.15) is 0 Å². The number of benzene rings is 2. The lowest BCUT2D eigenvalue weighted by Gasteiger charge is -2.36. The van der Waals surface area contributed by atoms with Crippen molar-refractivity contribution in [2.45, 2.75) is 53.1 Å². The number of azide groups is 1. The van der Waals surface area contributed by atoms with Gasteiger partial charge in [-0.15, -0.1) is 0 Å². The zero-order valence-corrected chi connectivity index (χ0v) is 19.0. The Morgan fingerprint density at radius 1 is 1.19 bits per heavy atom. The summed E-state index contributed by atoms with van der Waals surface area (Å²) in [6, 6.07) is 7.52. The molecule has 0 aromatic heterocycles. The zero-order valence-electron chi connectivity index (χ0n) is 19.0. The number of esters is 1. The molecule has 0 spiro atoms. The van der Waals surface area contributed by atoms with Gasteiger partial charge in [0.2, 0.25) is 0 Å². The van der Waals surface area contributed by atoms with Crippen LogP contribution < -0.4 is 14.2 Å². The highest BCUT2D eigenvalue weighted by Crippen LogP contribution is 2.43. The van der Waals surface area contributed by atoms with Crippen molar-refractivity contribution in [2.24, 2.45) is 5.11 Å². The average molecular weight is 437 g/mol. The summed E-state index contributed by atoms with van der Waals surface area (Å²) in [5.74, 6) is 1.11. The number of ketones is 1. The fraction of sp³-hybridized carbons (Fsp3) is 0.417. The summed E-state index contributed by atoms with van der Waals surface area (Å²) in [4.78, 5) is 27.4. The van der Waals surface area contributed by atoms with E-state index in [0.717, 1.165) is 16.7 Å². The van der Waals surface area contributed by atoms with Gasteiger partial charge in [0.05, 0.1) is 12.0 Å². The normalized spacial score (nSPS) is 17.1. The minimum Gasteiger partial charge on any atom is -0.489 e.